The number of rotatable bonds is 5. The number of hydrogen-bond donors (Lipinski definition) is 1. The van der Waals surface area contributed by atoms with Crippen LogP contribution in [0.5, 0.6) is 0 Å². The van der Waals surface area contributed by atoms with E-state index in [0.29, 0.717) is 25.7 Å². The molecule has 1 aromatic rings. The first-order chi connectivity index (χ1) is 11.6. The van der Waals surface area contributed by atoms with Crippen LogP contribution >= 0.6 is 15.9 Å². The molecule has 0 bridgehead atoms. The Kier molecular flexibility index (Phi) is 6.27. The standard InChI is InChI=1S/C18H25BrN2O3/c1-13(14-2-4-16(19)5-3-14)20-17(22)12-21-8-6-15(7-9-21)18-23-10-11-24-18/h2-5,13,15,18H,6-12H2,1H3,(H,20,22). The molecule has 2 aliphatic heterocycles. The van der Waals surface area contributed by atoms with E-state index in [9.17, 15) is 4.79 Å². The highest BCUT2D eigenvalue weighted by Gasteiger charge is 2.30. The Morgan fingerprint density at radius 1 is 1.25 bits per heavy atom. The van der Waals surface area contributed by atoms with Gasteiger partial charge in [-0.2, -0.15) is 0 Å². The monoisotopic (exact) mass is 396 g/mol. The third kappa shape index (κ3) is 4.79. The van der Waals surface area contributed by atoms with Gasteiger partial charge in [0.25, 0.3) is 0 Å². The summed E-state index contributed by atoms with van der Waals surface area (Å²) in [7, 11) is 0. The lowest BCUT2D eigenvalue weighted by molar-refractivity contribution is -0.124. The van der Waals surface area contributed by atoms with Crippen LogP contribution in [-0.2, 0) is 14.3 Å². The van der Waals surface area contributed by atoms with Crippen LogP contribution in [0.1, 0.15) is 31.4 Å². The van der Waals surface area contributed by atoms with Crippen LogP contribution < -0.4 is 5.32 Å². The van der Waals surface area contributed by atoms with E-state index < -0.39 is 0 Å². The van der Waals surface area contributed by atoms with Gasteiger partial charge >= 0.3 is 0 Å². The fraction of sp³-hybridized carbons (Fsp3) is 0.611. The van der Waals surface area contributed by atoms with Crippen molar-refractivity contribution < 1.29 is 14.3 Å². The van der Waals surface area contributed by atoms with Gasteiger partial charge in [-0.05, 0) is 50.6 Å². The Morgan fingerprint density at radius 2 is 1.88 bits per heavy atom. The lowest BCUT2D eigenvalue weighted by Crippen LogP contribution is -2.43. The zero-order valence-electron chi connectivity index (χ0n) is 14.0. The van der Waals surface area contributed by atoms with Crippen LogP contribution in [0.15, 0.2) is 28.7 Å². The van der Waals surface area contributed by atoms with E-state index in [0.717, 1.165) is 36.0 Å². The van der Waals surface area contributed by atoms with Crippen LogP contribution in [0.2, 0.25) is 0 Å². The van der Waals surface area contributed by atoms with Gasteiger partial charge < -0.3 is 14.8 Å². The Bertz CT molecular complexity index is 538. The summed E-state index contributed by atoms with van der Waals surface area (Å²) in [4.78, 5) is 14.5. The average Bonchev–Trinajstić information content (AvgIpc) is 3.10. The molecule has 1 N–H and O–H groups in total. The molecule has 1 amide bonds. The molecule has 1 aromatic carbocycles. The largest absolute Gasteiger partial charge is 0.350 e. The second kappa shape index (κ2) is 8.43. The Balaban J connectivity index is 1.41. The number of amides is 1. The number of benzene rings is 1. The van der Waals surface area contributed by atoms with Gasteiger partial charge in [0, 0.05) is 10.4 Å². The molecule has 0 spiro atoms. The number of ether oxygens (including phenoxy) is 2. The molecule has 0 radical (unpaired) electrons. The molecule has 3 rings (SSSR count). The number of nitrogens with zero attached hydrogens (tertiary/aromatic N) is 1. The highest BCUT2D eigenvalue weighted by Crippen LogP contribution is 2.25. The number of carbonyl (C=O) groups excluding carboxylic acids is 1. The topological polar surface area (TPSA) is 50.8 Å². The minimum Gasteiger partial charge on any atom is -0.350 e. The molecule has 2 saturated heterocycles. The van der Waals surface area contributed by atoms with Crippen molar-refractivity contribution in [1.29, 1.82) is 0 Å². The molecule has 0 aliphatic carbocycles. The summed E-state index contributed by atoms with van der Waals surface area (Å²) >= 11 is 3.43. The maximum atomic E-state index is 12.3. The Hall–Kier alpha value is -0.950. The van der Waals surface area contributed by atoms with E-state index >= 15 is 0 Å². The second-order valence-corrected chi connectivity index (χ2v) is 7.48. The van der Waals surface area contributed by atoms with E-state index in [1.165, 1.54) is 0 Å². The van der Waals surface area contributed by atoms with Gasteiger partial charge in [-0.1, -0.05) is 28.1 Å². The van der Waals surface area contributed by atoms with Crippen LogP contribution in [0.4, 0.5) is 0 Å². The van der Waals surface area contributed by atoms with Gasteiger partial charge in [-0.3, -0.25) is 9.69 Å². The molecule has 1 unspecified atom stereocenters. The summed E-state index contributed by atoms with van der Waals surface area (Å²) in [5, 5.41) is 3.08. The minimum atomic E-state index is -0.0293. The minimum absolute atomic E-state index is 0.0171. The van der Waals surface area contributed by atoms with Crippen molar-refractivity contribution in [2.75, 3.05) is 32.8 Å². The SMILES string of the molecule is CC(NC(=O)CN1CCC(C2OCCO2)CC1)c1ccc(Br)cc1. The van der Waals surface area contributed by atoms with Crippen molar-refractivity contribution in [3.05, 3.63) is 34.3 Å². The highest BCUT2D eigenvalue weighted by atomic mass is 79.9. The van der Waals surface area contributed by atoms with Crippen LogP contribution in [0.3, 0.4) is 0 Å². The summed E-state index contributed by atoms with van der Waals surface area (Å²) in [6.45, 7) is 5.74. The zero-order chi connectivity index (χ0) is 16.9. The molecule has 6 heteroatoms. The summed E-state index contributed by atoms with van der Waals surface area (Å²) < 4.78 is 12.2. The molecule has 0 aromatic heterocycles. The normalized spacial score (nSPS) is 21.8. The summed E-state index contributed by atoms with van der Waals surface area (Å²) in [6.07, 6.45) is 2.03. The van der Waals surface area contributed by atoms with Crippen molar-refractivity contribution in [3.63, 3.8) is 0 Å². The van der Waals surface area contributed by atoms with Crippen molar-refractivity contribution in [1.82, 2.24) is 10.2 Å². The van der Waals surface area contributed by atoms with E-state index in [4.69, 9.17) is 9.47 Å². The molecule has 2 heterocycles. The van der Waals surface area contributed by atoms with Gasteiger partial charge in [0.1, 0.15) is 0 Å². The smallest absolute Gasteiger partial charge is 0.234 e. The third-order valence-electron chi connectivity index (χ3n) is 4.78. The predicted molar refractivity (Wildman–Crippen MR) is 95.6 cm³/mol. The lowest BCUT2D eigenvalue weighted by atomic mass is 9.96. The average molecular weight is 397 g/mol. The lowest BCUT2D eigenvalue weighted by Gasteiger charge is -2.33. The quantitative estimate of drug-likeness (QED) is 0.830. The van der Waals surface area contributed by atoms with E-state index in [1.807, 2.05) is 31.2 Å². The highest BCUT2D eigenvalue weighted by molar-refractivity contribution is 9.10. The van der Waals surface area contributed by atoms with Gasteiger partial charge in [-0.25, -0.2) is 0 Å². The van der Waals surface area contributed by atoms with Crippen molar-refractivity contribution in [2.24, 2.45) is 5.92 Å². The Labute approximate surface area is 151 Å². The molecular formula is C18H25BrN2O3. The van der Waals surface area contributed by atoms with Crippen LogP contribution in [0, 0.1) is 5.92 Å². The van der Waals surface area contributed by atoms with Crippen molar-refractivity contribution in [2.45, 2.75) is 32.1 Å². The van der Waals surface area contributed by atoms with E-state index in [1.54, 1.807) is 0 Å². The van der Waals surface area contributed by atoms with Gasteiger partial charge in [0.15, 0.2) is 6.29 Å². The first-order valence-corrected chi connectivity index (χ1v) is 9.41. The molecule has 2 fully saturated rings. The number of likely N-dealkylation sites (tertiary alicyclic amines) is 1. The second-order valence-electron chi connectivity index (χ2n) is 6.56. The molecule has 132 valence electrons. The molecule has 5 nitrogen and oxygen atoms in total. The van der Waals surface area contributed by atoms with Crippen molar-refractivity contribution >= 4 is 21.8 Å². The predicted octanol–water partition coefficient (Wildman–Crippen LogP) is 2.71. The third-order valence-corrected chi connectivity index (χ3v) is 5.31. The van der Waals surface area contributed by atoms with Gasteiger partial charge in [0.2, 0.25) is 5.91 Å². The van der Waals surface area contributed by atoms with Gasteiger partial charge in [0.05, 0.1) is 25.8 Å². The first-order valence-electron chi connectivity index (χ1n) is 8.62. The van der Waals surface area contributed by atoms with Crippen LogP contribution in [-0.4, -0.2) is 49.9 Å². The Morgan fingerprint density at radius 3 is 2.50 bits per heavy atom. The van der Waals surface area contributed by atoms with Gasteiger partial charge in [-0.15, -0.1) is 0 Å². The molecule has 24 heavy (non-hydrogen) atoms. The van der Waals surface area contributed by atoms with Crippen molar-refractivity contribution in [3.8, 4) is 0 Å². The number of nitrogens with one attached hydrogen (secondary N) is 1. The summed E-state index contributed by atoms with van der Waals surface area (Å²) in [5.74, 6) is 0.547. The summed E-state index contributed by atoms with van der Waals surface area (Å²) in [5.41, 5.74) is 1.11. The van der Waals surface area contributed by atoms with E-state index in [2.05, 4.69) is 26.1 Å². The molecule has 2 aliphatic rings. The fourth-order valence-corrected chi connectivity index (χ4v) is 3.62. The number of halogens is 1. The maximum absolute atomic E-state index is 12.3. The fourth-order valence-electron chi connectivity index (χ4n) is 3.36. The number of hydrogen-bond acceptors (Lipinski definition) is 4. The number of carbonyl (C=O) groups is 1. The molecule has 1 atom stereocenters. The molecular weight excluding hydrogens is 372 g/mol. The first kappa shape index (κ1) is 17.9. The zero-order valence-corrected chi connectivity index (χ0v) is 15.6. The number of piperidine rings is 1. The maximum Gasteiger partial charge on any atom is 0.234 e. The van der Waals surface area contributed by atoms with Crippen LogP contribution in [0.25, 0.3) is 0 Å². The summed E-state index contributed by atoms with van der Waals surface area (Å²) in [6, 6.07) is 8.07. The van der Waals surface area contributed by atoms with E-state index in [-0.39, 0.29) is 18.2 Å². The molecule has 0 saturated carbocycles.